The fraction of sp³-hybridized carbons (Fsp3) is 0.391. The molecule has 1 aromatic carbocycles. The van der Waals surface area contributed by atoms with Gasteiger partial charge in [0, 0.05) is 19.2 Å². The van der Waals surface area contributed by atoms with Crippen molar-refractivity contribution in [3.63, 3.8) is 0 Å². The van der Waals surface area contributed by atoms with Crippen LogP contribution in [0.15, 0.2) is 48.8 Å². The van der Waals surface area contributed by atoms with E-state index in [1.807, 2.05) is 48.8 Å². The number of hydrogen-bond donors (Lipinski definition) is 1. The number of imidazole rings is 1. The first-order chi connectivity index (χ1) is 14.0. The van der Waals surface area contributed by atoms with Crippen molar-refractivity contribution in [1.82, 2.24) is 14.7 Å². The normalized spacial score (nSPS) is 12.2. The number of nitrogens with zero attached hydrogens (tertiary/aromatic N) is 2. The molecule has 1 unspecified atom stereocenters. The molecule has 29 heavy (non-hydrogen) atoms. The van der Waals surface area contributed by atoms with Gasteiger partial charge in [0.05, 0.1) is 31.9 Å². The van der Waals surface area contributed by atoms with E-state index in [0.29, 0.717) is 18.0 Å². The predicted octanol–water partition coefficient (Wildman–Crippen LogP) is 3.84. The summed E-state index contributed by atoms with van der Waals surface area (Å²) in [5, 5.41) is 3.09. The molecule has 0 fully saturated rings. The Bertz CT molecular complexity index is 965. The van der Waals surface area contributed by atoms with Gasteiger partial charge >= 0.3 is 0 Å². The third-order valence-corrected chi connectivity index (χ3v) is 5.11. The quantitative estimate of drug-likeness (QED) is 0.559. The number of aryl methyl sites for hydroxylation is 1. The Kier molecular flexibility index (Phi) is 6.75. The number of ether oxygens (including phenoxy) is 2. The highest BCUT2D eigenvalue weighted by Crippen LogP contribution is 2.33. The number of carbonyl (C=O) groups excluding carboxylic acids is 1. The number of fused-ring (bicyclic) bond motifs is 1. The zero-order valence-electron chi connectivity index (χ0n) is 17.5. The van der Waals surface area contributed by atoms with Crippen LogP contribution in [-0.2, 0) is 11.2 Å². The second-order valence-corrected chi connectivity index (χ2v) is 7.40. The maximum absolute atomic E-state index is 12.9. The Hall–Kier alpha value is -3.02. The summed E-state index contributed by atoms with van der Waals surface area (Å²) in [6.45, 7) is 4.71. The molecule has 2 heterocycles. The Morgan fingerprint density at radius 2 is 1.93 bits per heavy atom. The minimum absolute atomic E-state index is 0.0280. The number of nitrogens with one attached hydrogen (secondary N) is 1. The van der Waals surface area contributed by atoms with E-state index < -0.39 is 0 Å². The van der Waals surface area contributed by atoms with Crippen LogP contribution in [-0.4, -0.2) is 36.1 Å². The van der Waals surface area contributed by atoms with Crippen LogP contribution in [0.3, 0.4) is 0 Å². The summed E-state index contributed by atoms with van der Waals surface area (Å²) in [7, 11) is 3.21. The molecular formula is C23H29N3O3. The van der Waals surface area contributed by atoms with Crippen molar-refractivity contribution < 1.29 is 14.3 Å². The molecular weight excluding hydrogens is 366 g/mol. The minimum Gasteiger partial charge on any atom is -0.493 e. The Morgan fingerprint density at radius 1 is 1.14 bits per heavy atom. The van der Waals surface area contributed by atoms with Gasteiger partial charge in [0.1, 0.15) is 5.82 Å². The van der Waals surface area contributed by atoms with E-state index >= 15 is 0 Å². The third-order valence-electron chi connectivity index (χ3n) is 5.11. The first-order valence-electron chi connectivity index (χ1n) is 9.95. The van der Waals surface area contributed by atoms with E-state index in [1.165, 1.54) is 0 Å². The number of carbonyl (C=O) groups is 1. The van der Waals surface area contributed by atoms with E-state index in [9.17, 15) is 4.79 Å². The summed E-state index contributed by atoms with van der Waals surface area (Å²) >= 11 is 0. The highest BCUT2D eigenvalue weighted by molar-refractivity contribution is 5.84. The summed E-state index contributed by atoms with van der Waals surface area (Å²) in [6.07, 6.45) is 5.53. The van der Waals surface area contributed by atoms with Crippen LogP contribution < -0.4 is 14.8 Å². The molecule has 1 amide bonds. The van der Waals surface area contributed by atoms with Crippen LogP contribution in [0.5, 0.6) is 11.5 Å². The molecule has 0 aliphatic heterocycles. The van der Waals surface area contributed by atoms with Crippen molar-refractivity contribution >= 4 is 11.4 Å². The highest BCUT2D eigenvalue weighted by Gasteiger charge is 2.25. The van der Waals surface area contributed by atoms with Crippen LogP contribution in [0.1, 0.15) is 37.6 Å². The molecule has 0 aliphatic rings. The predicted molar refractivity (Wildman–Crippen MR) is 114 cm³/mol. The molecule has 154 valence electrons. The third kappa shape index (κ3) is 4.70. The Labute approximate surface area is 171 Å². The van der Waals surface area contributed by atoms with Crippen molar-refractivity contribution in [2.45, 2.75) is 32.6 Å². The van der Waals surface area contributed by atoms with E-state index in [1.54, 1.807) is 14.2 Å². The van der Waals surface area contributed by atoms with Gasteiger partial charge in [-0.3, -0.25) is 4.79 Å². The van der Waals surface area contributed by atoms with Crippen molar-refractivity contribution in [1.29, 1.82) is 0 Å². The molecule has 1 N–H and O–H groups in total. The lowest BCUT2D eigenvalue weighted by atomic mass is 9.87. The van der Waals surface area contributed by atoms with Gasteiger partial charge in [0.15, 0.2) is 11.5 Å². The average Bonchev–Trinajstić information content (AvgIpc) is 3.14. The van der Waals surface area contributed by atoms with Gasteiger partial charge in [0.2, 0.25) is 5.91 Å². The molecule has 0 saturated heterocycles. The van der Waals surface area contributed by atoms with Crippen molar-refractivity contribution in [2.75, 3.05) is 20.8 Å². The molecule has 3 rings (SSSR count). The van der Waals surface area contributed by atoms with Gasteiger partial charge in [-0.05, 0) is 42.2 Å². The number of hydrogen-bond acceptors (Lipinski definition) is 4. The second kappa shape index (κ2) is 9.45. The maximum atomic E-state index is 12.9. The molecule has 1 atom stereocenters. The summed E-state index contributed by atoms with van der Waals surface area (Å²) in [4.78, 5) is 17.4. The lowest BCUT2D eigenvalue weighted by Gasteiger charge is -2.22. The fourth-order valence-electron chi connectivity index (χ4n) is 3.64. The van der Waals surface area contributed by atoms with E-state index in [0.717, 1.165) is 29.7 Å². The van der Waals surface area contributed by atoms with Gasteiger partial charge in [-0.2, -0.15) is 0 Å². The summed E-state index contributed by atoms with van der Waals surface area (Å²) in [5.74, 6) is 2.24. The first-order valence-corrected chi connectivity index (χ1v) is 9.95. The lowest BCUT2D eigenvalue weighted by molar-refractivity contribution is -0.123. The number of aromatic nitrogens is 2. The first kappa shape index (κ1) is 20.7. The summed E-state index contributed by atoms with van der Waals surface area (Å²) in [6, 6.07) is 11.7. The maximum Gasteiger partial charge on any atom is 0.227 e. The molecule has 2 aromatic heterocycles. The lowest BCUT2D eigenvalue weighted by Crippen LogP contribution is -2.33. The average molecular weight is 396 g/mol. The Balaban J connectivity index is 1.61. The number of rotatable bonds is 9. The minimum atomic E-state index is -0.248. The van der Waals surface area contributed by atoms with Crippen molar-refractivity contribution in [2.24, 2.45) is 5.92 Å². The molecule has 3 aromatic rings. The van der Waals surface area contributed by atoms with E-state index in [2.05, 4.69) is 28.5 Å². The molecule has 0 radical (unpaired) electrons. The number of pyridine rings is 1. The van der Waals surface area contributed by atoms with E-state index in [4.69, 9.17) is 9.47 Å². The second-order valence-electron chi connectivity index (χ2n) is 7.40. The topological polar surface area (TPSA) is 64.9 Å². The Morgan fingerprint density at radius 3 is 2.66 bits per heavy atom. The highest BCUT2D eigenvalue weighted by atomic mass is 16.5. The molecule has 6 heteroatoms. The molecule has 0 aliphatic carbocycles. The van der Waals surface area contributed by atoms with Crippen LogP contribution in [0.4, 0.5) is 0 Å². The van der Waals surface area contributed by atoms with Gasteiger partial charge in [-0.25, -0.2) is 4.98 Å². The zero-order chi connectivity index (χ0) is 20.8. The van der Waals surface area contributed by atoms with E-state index in [-0.39, 0.29) is 17.7 Å². The van der Waals surface area contributed by atoms with Gasteiger partial charge in [-0.15, -0.1) is 0 Å². The number of methoxy groups -OCH3 is 2. The van der Waals surface area contributed by atoms with Crippen molar-refractivity contribution in [3.05, 3.63) is 60.2 Å². The number of amides is 1. The number of benzene rings is 1. The van der Waals surface area contributed by atoms with Gasteiger partial charge < -0.3 is 19.2 Å². The van der Waals surface area contributed by atoms with Gasteiger partial charge in [-0.1, -0.05) is 26.0 Å². The molecule has 0 saturated carbocycles. The standard InChI is InChI=1S/C23H29N3O3/c1-16(2)22(17-10-11-19(28-3)20(14-17)29-4)23(27)24-12-7-9-21-25-15-18-8-5-6-13-26(18)21/h5-6,8,10-11,13-16,22H,7,9,12H2,1-4H3,(H,24,27). The van der Waals surface area contributed by atoms with Crippen LogP contribution >= 0.6 is 0 Å². The molecule has 0 bridgehead atoms. The van der Waals surface area contributed by atoms with Crippen LogP contribution in [0.25, 0.3) is 5.52 Å². The zero-order valence-corrected chi connectivity index (χ0v) is 17.5. The SMILES string of the molecule is COc1ccc(C(C(=O)NCCCc2ncc3ccccn23)C(C)C)cc1OC. The smallest absolute Gasteiger partial charge is 0.227 e. The summed E-state index contributed by atoms with van der Waals surface area (Å²) in [5.41, 5.74) is 2.01. The fourth-order valence-corrected chi connectivity index (χ4v) is 3.64. The van der Waals surface area contributed by atoms with Crippen LogP contribution in [0, 0.1) is 5.92 Å². The monoisotopic (exact) mass is 395 g/mol. The van der Waals surface area contributed by atoms with Crippen LogP contribution in [0.2, 0.25) is 0 Å². The molecule has 6 nitrogen and oxygen atoms in total. The van der Waals surface area contributed by atoms with Gasteiger partial charge in [0.25, 0.3) is 0 Å². The molecule has 0 spiro atoms. The van der Waals surface area contributed by atoms with Crippen molar-refractivity contribution in [3.8, 4) is 11.5 Å². The summed E-state index contributed by atoms with van der Waals surface area (Å²) < 4.78 is 12.8. The largest absolute Gasteiger partial charge is 0.493 e.